The fourth-order valence-electron chi connectivity index (χ4n) is 0.684. The summed E-state index contributed by atoms with van der Waals surface area (Å²) in [6, 6.07) is 0. The molecule has 0 radical (unpaired) electrons. The quantitative estimate of drug-likeness (QED) is 0.273. The van der Waals surface area contributed by atoms with E-state index in [-0.39, 0.29) is 6.61 Å². The summed E-state index contributed by atoms with van der Waals surface area (Å²) in [6.07, 6.45) is 6.72. The molecule has 0 aliphatic rings. The zero-order valence-electron chi connectivity index (χ0n) is 6.95. The molecule has 2 N–H and O–H groups in total. The van der Waals surface area contributed by atoms with Gasteiger partial charge in [-0.3, -0.25) is 0 Å². The van der Waals surface area contributed by atoms with Crippen molar-refractivity contribution in [3.63, 3.8) is 0 Å². The summed E-state index contributed by atoms with van der Waals surface area (Å²) in [7, 11) is -1.67. The van der Waals surface area contributed by atoms with Crippen LogP contribution in [-0.2, 0) is 4.65 Å². The van der Waals surface area contributed by atoms with Crippen LogP contribution in [0.25, 0.3) is 0 Å². The number of halogens is 1. The van der Waals surface area contributed by atoms with E-state index in [1.165, 1.54) is 0 Å². The lowest BCUT2D eigenvalue weighted by Crippen LogP contribution is -2.16. The highest BCUT2D eigenvalue weighted by Gasteiger charge is 2.04. The van der Waals surface area contributed by atoms with Gasteiger partial charge in [-0.05, 0) is 19.3 Å². The zero-order chi connectivity index (χ0) is 9.23. The first-order chi connectivity index (χ1) is 5.77. The van der Waals surface area contributed by atoms with Crippen molar-refractivity contribution in [2.75, 3.05) is 12.5 Å². The van der Waals surface area contributed by atoms with Crippen LogP contribution in [0.1, 0.15) is 19.3 Å². The van der Waals surface area contributed by atoms with Crippen LogP contribution in [0.5, 0.6) is 0 Å². The molecule has 0 saturated carbocycles. The molecule has 0 saturated heterocycles. The second-order valence-electron chi connectivity index (χ2n) is 2.32. The molecular formula is C7H14BClO3. The summed E-state index contributed by atoms with van der Waals surface area (Å²) >= 11 is 5.47. The van der Waals surface area contributed by atoms with Crippen LogP contribution in [0.3, 0.4) is 0 Å². The van der Waals surface area contributed by atoms with Crippen LogP contribution in [0.15, 0.2) is 12.2 Å². The minimum absolute atomic E-state index is 0.235. The van der Waals surface area contributed by atoms with Gasteiger partial charge in [0.25, 0.3) is 0 Å². The molecule has 0 atom stereocenters. The molecular weight excluding hydrogens is 178 g/mol. The van der Waals surface area contributed by atoms with Crippen LogP contribution in [0, 0.1) is 0 Å². The smallest absolute Gasteiger partial charge is 0.402 e. The molecule has 0 bridgehead atoms. The second-order valence-corrected chi connectivity index (χ2v) is 2.69. The second kappa shape index (κ2) is 9.07. The van der Waals surface area contributed by atoms with Crippen molar-refractivity contribution in [3.05, 3.63) is 12.2 Å². The lowest BCUT2D eigenvalue weighted by atomic mass is 10.2. The number of hydrogen-bond donors (Lipinski definition) is 2. The third-order valence-electron chi connectivity index (χ3n) is 1.26. The van der Waals surface area contributed by atoms with Gasteiger partial charge < -0.3 is 14.7 Å². The van der Waals surface area contributed by atoms with Crippen molar-refractivity contribution < 1.29 is 14.7 Å². The fraction of sp³-hybridized carbons (Fsp3) is 0.714. The van der Waals surface area contributed by atoms with Gasteiger partial charge in [-0.25, -0.2) is 0 Å². The van der Waals surface area contributed by atoms with Crippen LogP contribution in [0.2, 0.25) is 0 Å². The van der Waals surface area contributed by atoms with E-state index in [4.69, 9.17) is 21.6 Å². The normalized spacial score (nSPS) is 10.9. The SMILES string of the molecule is OB(O)OCC=CCCCCCl. The fourth-order valence-corrected chi connectivity index (χ4v) is 0.873. The summed E-state index contributed by atoms with van der Waals surface area (Å²) in [5, 5.41) is 16.6. The molecule has 3 nitrogen and oxygen atoms in total. The van der Waals surface area contributed by atoms with Crippen LogP contribution >= 0.6 is 11.6 Å². The minimum Gasteiger partial charge on any atom is -0.402 e. The van der Waals surface area contributed by atoms with E-state index in [1.54, 1.807) is 6.08 Å². The molecule has 0 heterocycles. The van der Waals surface area contributed by atoms with Crippen LogP contribution in [-0.4, -0.2) is 29.9 Å². The number of hydrogen-bond acceptors (Lipinski definition) is 3. The van der Waals surface area contributed by atoms with Gasteiger partial charge in [0.1, 0.15) is 0 Å². The third-order valence-corrected chi connectivity index (χ3v) is 1.53. The lowest BCUT2D eigenvalue weighted by Gasteiger charge is -1.95. The Kier molecular flexibility index (Phi) is 9.05. The molecule has 0 unspecified atom stereocenters. The Labute approximate surface area is 78.2 Å². The molecule has 0 aliphatic carbocycles. The summed E-state index contributed by atoms with van der Waals surface area (Å²) in [4.78, 5) is 0. The maximum atomic E-state index is 8.28. The number of alkyl halides is 1. The number of unbranched alkanes of at least 4 members (excludes halogenated alkanes) is 2. The first-order valence-corrected chi connectivity index (χ1v) is 4.49. The Bertz CT molecular complexity index is 119. The molecule has 0 aromatic carbocycles. The topological polar surface area (TPSA) is 49.7 Å². The molecule has 0 rings (SSSR count). The third kappa shape index (κ3) is 9.97. The Morgan fingerprint density at radius 3 is 2.58 bits per heavy atom. The van der Waals surface area contributed by atoms with Gasteiger partial charge in [0.05, 0.1) is 6.61 Å². The van der Waals surface area contributed by atoms with E-state index in [9.17, 15) is 0 Å². The molecule has 0 aromatic heterocycles. The predicted molar refractivity (Wildman–Crippen MR) is 49.9 cm³/mol. The van der Waals surface area contributed by atoms with Crippen LogP contribution < -0.4 is 0 Å². The minimum atomic E-state index is -1.67. The molecule has 0 fully saturated rings. The van der Waals surface area contributed by atoms with E-state index in [2.05, 4.69) is 4.65 Å². The maximum Gasteiger partial charge on any atom is 0.634 e. The average Bonchev–Trinajstić information content (AvgIpc) is 2.02. The average molecular weight is 192 g/mol. The van der Waals surface area contributed by atoms with E-state index in [0.717, 1.165) is 19.3 Å². The van der Waals surface area contributed by atoms with Gasteiger partial charge >= 0.3 is 7.32 Å². The molecule has 70 valence electrons. The Hall–Kier alpha value is -0.0251. The first kappa shape index (κ1) is 12.0. The standard InChI is InChI=1S/C7H14BClO3/c9-6-4-2-1-3-5-7-12-8(10)11/h3,5,10-11H,1-2,4,6-7H2. The lowest BCUT2D eigenvalue weighted by molar-refractivity contribution is 0.206. The van der Waals surface area contributed by atoms with E-state index in [1.807, 2.05) is 6.08 Å². The molecule has 12 heavy (non-hydrogen) atoms. The first-order valence-electron chi connectivity index (χ1n) is 3.96. The maximum absolute atomic E-state index is 8.28. The van der Waals surface area contributed by atoms with Gasteiger partial charge in [0.15, 0.2) is 0 Å². The largest absolute Gasteiger partial charge is 0.634 e. The van der Waals surface area contributed by atoms with Gasteiger partial charge in [-0.15, -0.1) is 11.6 Å². The molecule has 0 aliphatic heterocycles. The zero-order valence-corrected chi connectivity index (χ0v) is 7.70. The van der Waals surface area contributed by atoms with Crippen molar-refractivity contribution in [2.24, 2.45) is 0 Å². The van der Waals surface area contributed by atoms with Crippen molar-refractivity contribution in [3.8, 4) is 0 Å². The van der Waals surface area contributed by atoms with Crippen molar-refractivity contribution in [2.45, 2.75) is 19.3 Å². The van der Waals surface area contributed by atoms with Crippen LogP contribution in [0.4, 0.5) is 0 Å². The Morgan fingerprint density at radius 1 is 1.25 bits per heavy atom. The Morgan fingerprint density at radius 2 is 2.00 bits per heavy atom. The summed E-state index contributed by atoms with van der Waals surface area (Å²) in [6.45, 7) is 0.235. The highest BCUT2D eigenvalue weighted by molar-refractivity contribution is 6.32. The van der Waals surface area contributed by atoms with Crippen molar-refractivity contribution >= 4 is 18.9 Å². The summed E-state index contributed by atoms with van der Waals surface area (Å²) < 4.78 is 4.45. The monoisotopic (exact) mass is 192 g/mol. The number of rotatable bonds is 7. The van der Waals surface area contributed by atoms with Crippen molar-refractivity contribution in [1.82, 2.24) is 0 Å². The van der Waals surface area contributed by atoms with Gasteiger partial charge in [-0.2, -0.15) is 0 Å². The molecule has 0 aromatic rings. The van der Waals surface area contributed by atoms with Gasteiger partial charge in [0, 0.05) is 5.88 Å². The van der Waals surface area contributed by atoms with Gasteiger partial charge in [-0.1, -0.05) is 12.2 Å². The van der Waals surface area contributed by atoms with Gasteiger partial charge in [0.2, 0.25) is 0 Å². The molecule has 0 amide bonds. The summed E-state index contributed by atoms with van der Waals surface area (Å²) in [5.74, 6) is 0.694. The van der Waals surface area contributed by atoms with E-state index >= 15 is 0 Å². The molecule has 5 heteroatoms. The predicted octanol–water partition coefficient (Wildman–Crippen LogP) is 0.938. The van der Waals surface area contributed by atoms with Crippen molar-refractivity contribution in [1.29, 1.82) is 0 Å². The highest BCUT2D eigenvalue weighted by atomic mass is 35.5. The Balaban J connectivity index is 3.04. The summed E-state index contributed by atoms with van der Waals surface area (Å²) in [5.41, 5.74) is 0. The number of allylic oxidation sites excluding steroid dienone is 1. The highest BCUT2D eigenvalue weighted by Crippen LogP contribution is 1.97. The van der Waals surface area contributed by atoms with E-state index < -0.39 is 7.32 Å². The molecule has 0 spiro atoms. The van der Waals surface area contributed by atoms with E-state index in [0.29, 0.717) is 5.88 Å².